The van der Waals surface area contributed by atoms with Crippen LogP contribution in [0.3, 0.4) is 0 Å². The van der Waals surface area contributed by atoms with E-state index in [1.807, 2.05) is 13.8 Å². The molecule has 0 bridgehead atoms. The van der Waals surface area contributed by atoms with Crippen molar-refractivity contribution in [2.45, 2.75) is 20.0 Å². The number of halogens is 3. The van der Waals surface area contributed by atoms with E-state index >= 15 is 0 Å². The van der Waals surface area contributed by atoms with E-state index in [1.165, 1.54) is 12.1 Å². The van der Waals surface area contributed by atoms with Gasteiger partial charge in [0.25, 0.3) is 0 Å². The normalized spacial score (nSPS) is 11.9. The Hall–Kier alpha value is -1.30. The Morgan fingerprint density at radius 3 is 2.67 bits per heavy atom. The molecule has 6 heteroatoms. The molecule has 0 atom stereocenters. The molecule has 0 fully saturated rings. The topological polar surface area (TPSA) is 34.1 Å². The summed E-state index contributed by atoms with van der Waals surface area (Å²) >= 11 is 0. The minimum absolute atomic E-state index is 0.206. The van der Waals surface area contributed by atoms with Crippen LogP contribution in [0.4, 0.5) is 19.0 Å². The molecule has 0 aliphatic carbocycles. The van der Waals surface area contributed by atoms with Crippen LogP contribution in [0.2, 0.25) is 0 Å². The fourth-order valence-corrected chi connectivity index (χ4v) is 1.26. The molecule has 102 valence electrons. The van der Waals surface area contributed by atoms with Crippen LogP contribution in [0, 0.1) is 5.92 Å². The third-order valence-corrected chi connectivity index (χ3v) is 2.04. The Kier molecular flexibility index (Phi) is 5.40. The summed E-state index contributed by atoms with van der Waals surface area (Å²) in [5, 5.41) is 2.79. The van der Waals surface area contributed by atoms with Crippen molar-refractivity contribution in [3.05, 3.63) is 23.9 Å². The zero-order chi connectivity index (χ0) is 13.6. The van der Waals surface area contributed by atoms with Gasteiger partial charge in [-0.15, -0.1) is 0 Å². The molecular weight excluding hydrogens is 245 g/mol. The molecule has 0 spiro atoms. The molecule has 0 saturated heterocycles. The summed E-state index contributed by atoms with van der Waals surface area (Å²) in [4.78, 5) is 3.49. The van der Waals surface area contributed by atoms with Crippen LogP contribution in [0.1, 0.15) is 19.5 Å². The lowest BCUT2D eigenvalue weighted by molar-refractivity contribution is -0.141. The van der Waals surface area contributed by atoms with Gasteiger partial charge in [-0.25, -0.2) is 4.98 Å². The van der Waals surface area contributed by atoms with Gasteiger partial charge in [-0.3, -0.25) is 0 Å². The number of rotatable bonds is 6. The average molecular weight is 262 g/mol. The first-order valence-corrected chi connectivity index (χ1v) is 5.75. The van der Waals surface area contributed by atoms with Crippen LogP contribution in [0.25, 0.3) is 0 Å². The van der Waals surface area contributed by atoms with Crippen molar-refractivity contribution in [3.8, 4) is 0 Å². The summed E-state index contributed by atoms with van der Waals surface area (Å²) in [5.74, 6) is 0.648. The maximum absolute atomic E-state index is 12.4. The lowest BCUT2D eigenvalue weighted by Gasteiger charge is -2.10. The fraction of sp³-hybridized carbons (Fsp3) is 0.583. The summed E-state index contributed by atoms with van der Waals surface area (Å²) in [6.45, 7) is 5.57. The minimum atomic E-state index is -4.41. The first kappa shape index (κ1) is 14.8. The molecule has 1 rings (SSSR count). The lowest BCUT2D eigenvalue weighted by atomic mass is 10.2. The summed E-state index contributed by atoms with van der Waals surface area (Å²) in [7, 11) is 0. The van der Waals surface area contributed by atoms with E-state index in [9.17, 15) is 13.2 Å². The maximum Gasteiger partial charge on any atom is 0.433 e. The molecule has 0 aliphatic rings. The zero-order valence-corrected chi connectivity index (χ0v) is 10.4. The van der Waals surface area contributed by atoms with Gasteiger partial charge in [0.1, 0.15) is 11.5 Å². The summed E-state index contributed by atoms with van der Waals surface area (Å²) < 4.78 is 42.5. The zero-order valence-electron chi connectivity index (χ0n) is 10.4. The monoisotopic (exact) mass is 262 g/mol. The van der Waals surface area contributed by atoms with Gasteiger partial charge in [-0.2, -0.15) is 13.2 Å². The molecule has 1 aromatic rings. The highest BCUT2D eigenvalue weighted by molar-refractivity contribution is 5.35. The molecule has 1 aromatic heterocycles. The number of hydrogen-bond acceptors (Lipinski definition) is 3. The second-order valence-electron chi connectivity index (χ2n) is 4.30. The molecule has 1 N–H and O–H groups in total. The number of anilines is 1. The molecule has 0 aliphatic heterocycles. The van der Waals surface area contributed by atoms with Gasteiger partial charge in [0.2, 0.25) is 0 Å². The van der Waals surface area contributed by atoms with Crippen molar-refractivity contribution in [1.29, 1.82) is 0 Å². The number of nitrogens with one attached hydrogen (secondary N) is 1. The first-order chi connectivity index (χ1) is 8.39. The SMILES string of the molecule is CC(C)COCCNc1cccc(C(F)(F)F)n1. The van der Waals surface area contributed by atoms with Crippen LogP contribution < -0.4 is 5.32 Å². The van der Waals surface area contributed by atoms with Crippen molar-refractivity contribution in [3.63, 3.8) is 0 Å². The van der Waals surface area contributed by atoms with E-state index in [-0.39, 0.29) is 5.82 Å². The number of pyridine rings is 1. The Balaban J connectivity index is 2.39. The number of aromatic nitrogens is 1. The minimum Gasteiger partial charge on any atom is -0.379 e. The summed E-state index contributed by atoms with van der Waals surface area (Å²) in [5.41, 5.74) is -0.893. The van der Waals surface area contributed by atoms with Gasteiger partial charge in [0.05, 0.1) is 6.61 Å². The van der Waals surface area contributed by atoms with Gasteiger partial charge >= 0.3 is 6.18 Å². The third kappa shape index (κ3) is 5.35. The van der Waals surface area contributed by atoms with Crippen LogP contribution in [0.15, 0.2) is 18.2 Å². The molecular formula is C12H17F3N2O. The predicted molar refractivity (Wildman–Crippen MR) is 63.4 cm³/mol. The maximum atomic E-state index is 12.4. The molecule has 0 saturated carbocycles. The van der Waals surface area contributed by atoms with E-state index in [2.05, 4.69) is 10.3 Å². The predicted octanol–water partition coefficient (Wildman–Crippen LogP) is 3.18. The quantitative estimate of drug-likeness (QED) is 0.799. The number of alkyl halides is 3. The third-order valence-electron chi connectivity index (χ3n) is 2.04. The Labute approximate surface area is 104 Å². The molecule has 0 aromatic carbocycles. The largest absolute Gasteiger partial charge is 0.433 e. The second-order valence-corrected chi connectivity index (χ2v) is 4.30. The van der Waals surface area contributed by atoms with E-state index in [1.54, 1.807) is 0 Å². The number of ether oxygens (including phenoxy) is 1. The highest BCUT2D eigenvalue weighted by atomic mass is 19.4. The van der Waals surface area contributed by atoms with Crippen molar-refractivity contribution in [2.24, 2.45) is 5.92 Å². The van der Waals surface area contributed by atoms with Crippen LogP contribution in [-0.4, -0.2) is 24.7 Å². The number of nitrogens with zero attached hydrogens (tertiary/aromatic N) is 1. The smallest absolute Gasteiger partial charge is 0.379 e. The van der Waals surface area contributed by atoms with Gasteiger partial charge in [0.15, 0.2) is 0 Å². The first-order valence-electron chi connectivity index (χ1n) is 5.75. The molecule has 18 heavy (non-hydrogen) atoms. The van der Waals surface area contributed by atoms with Crippen LogP contribution in [0.5, 0.6) is 0 Å². The van der Waals surface area contributed by atoms with Crippen molar-refractivity contribution >= 4 is 5.82 Å². The average Bonchev–Trinajstić information content (AvgIpc) is 2.27. The lowest BCUT2D eigenvalue weighted by Crippen LogP contribution is -2.14. The van der Waals surface area contributed by atoms with Gasteiger partial charge in [-0.1, -0.05) is 19.9 Å². The molecule has 1 heterocycles. The van der Waals surface area contributed by atoms with E-state index in [0.29, 0.717) is 25.7 Å². The molecule has 0 unspecified atom stereocenters. The number of hydrogen-bond donors (Lipinski definition) is 1. The standard InChI is InChI=1S/C12H17F3N2O/c1-9(2)8-18-7-6-16-11-5-3-4-10(17-11)12(13,14)15/h3-5,9H,6-8H2,1-2H3,(H,16,17). The van der Waals surface area contributed by atoms with Gasteiger partial charge in [-0.05, 0) is 18.1 Å². The Bertz CT molecular complexity index is 367. The van der Waals surface area contributed by atoms with Gasteiger partial charge < -0.3 is 10.1 Å². The van der Waals surface area contributed by atoms with Crippen molar-refractivity contribution in [2.75, 3.05) is 25.1 Å². The second kappa shape index (κ2) is 6.58. The van der Waals surface area contributed by atoms with E-state index < -0.39 is 11.9 Å². The van der Waals surface area contributed by atoms with Crippen LogP contribution >= 0.6 is 0 Å². The van der Waals surface area contributed by atoms with Crippen LogP contribution in [-0.2, 0) is 10.9 Å². The fourth-order valence-electron chi connectivity index (χ4n) is 1.26. The molecule has 0 amide bonds. The summed E-state index contributed by atoms with van der Waals surface area (Å²) in [6, 6.07) is 3.77. The Morgan fingerprint density at radius 2 is 2.06 bits per heavy atom. The van der Waals surface area contributed by atoms with Gasteiger partial charge in [0, 0.05) is 13.2 Å². The molecule has 0 radical (unpaired) electrons. The molecule has 3 nitrogen and oxygen atoms in total. The highest BCUT2D eigenvalue weighted by Crippen LogP contribution is 2.27. The van der Waals surface area contributed by atoms with E-state index in [0.717, 1.165) is 6.07 Å². The van der Waals surface area contributed by atoms with E-state index in [4.69, 9.17) is 4.74 Å². The highest BCUT2D eigenvalue weighted by Gasteiger charge is 2.32. The van der Waals surface area contributed by atoms with Crippen molar-refractivity contribution in [1.82, 2.24) is 4.98 Å². The summed E-state index contributed by atoms with van der Waals surface area (Å²) in [6.07, 6.45) is -4.41. The van der Waals surface area contributed by atoms with Crippen molar-refractivity contribution < 1.29 is 17.9 Å². The Morgan fingerprint density at radius 1 is 1.33 bits per heavy atom.